The Balaban J connectivity index is 1.73. The van der Waals surface area contributed by atoms with Crippen LogP contribution >= 0.6 is 0 Å². The Labute approximate surface area is 141 Å². The molecule has 24 heavy (non-hydrogen) atoms. The van der Waals surface area contributed by atoms with Crippen LogP contribution in [0.2, 0.25) is 0 Å². The lowest BCUT2D eigenvalue weighted by Crippen LogP contribution is -2.50. The van der Waals surface area contributed by atoms with Crippen LogP contribution in [0, 0.1) is 5.82 Å². The number of hydrogen-bond donors (Lipinski definition) is 0. The van der Waals surface area contributed by atoms with Gasteiger partial charge in [0.2, 0.25) is 0 Å². The van der Waals surface area contributed by atoms with Gasteiger partial charge in [0, 0.05) is 43.5 Å². The second-order valence-electron chi connectivity index (χ2n) is 6.29. The van der Waals surface area contributed by atoms with Crippen LogP contribution in [0.3, 0.4) is 0 Å². The minimum absolute atomic E-state index is 0.0622. The van der Waals surface area contributed by atoms with E-state index in [1.54, 1.807) is 36.5 Å². The predicted octanol–water partition coefficient (Wildman–Crippen LogP) is 2.71. The average Bonchev–Trinajstić information content (AvgIpc) is 2.62. The highest BCUT2D eigenvalue weighted by molar-refractivity contribution is 5.99. The van der Waals surface area contributed by atoms with E-state index >= 15 is 0 Å². The summed E-state index contributed by atoms with van der Waals surface area (Å²) in [5.41, 5.74) is 1.56. The van der Waals surface area contributed by atoms with E-state index in [2.05, 4.69) is 21.8 Å². The van der Waals surface area contributed by atoms with Crippen molar-refractivity contribution in [2.45, 2.75) is 13.0 Å². The number of halogens is 1. The molecule has 1 aromatic carbocycles. The first-order valence-corrected chi connectivity index (χ1v) is 8.24. The summed E-state index contributed by atoms with van der Waals surface area (Å²) in [7, 11) is 2.09. The van der Waals surface area contributed by atoms with E-state index in [0.717, 1.165) is 26.2 Å². The smallest absolute Gasteiger partial charge is 0.181 e. The summed E-state index contributed by atoms with van der Waals surface area (Å²) in [4.78, 5) is 21.4. The van der Waals surface area contributed by atoms with Crippen molar-refractivity contribution in [3.8, 4) is 11.3 Å². The number of Topliss-reactive ketones (excluding diaryl/α,β-unsaturated/α-hetero) is 1. The second kappa shape index (κ2) is 7.20. The molecule has 1 aliphatic heterocycles. The van der Waals surface area contributed by atoms with E-state index < -0.39 is 0 Å². The number of rotatable bonds is 4. The topological polar surface area (TPSA) is 36.4 Å². The summed E-state index contributed by atoms with van der Waals surface area (Å²) in [6.07, 6.45) is 1.55. The van der Waals surface area contributed by atoms with Crippen molar-refractivity contribution in [1.29, 1.82) is 0 Å². The van der Waals surface area contributed by atoms with Crippen molar-refractivity contribution < 1.29 is 9.18 Å². The summed E-state index contributed by atoms with van der Waals surface area (Å²) < 4.78 is 13.8. The molecule has 1 saturated heterocycles. The Morgan fingerprint density at radius 1 is 1.12 bits per heavy atom. The molecule has 1 aromatic heterocycles. The van der Waals surface area contributed by atoms with Gasteiger partial charge in [0.05, 0.1) is 11.7 Å². The molecule has 2 heterocycles. The first kappa shape index (κ1) is 16.7. The summed E-state index contributed by atoms with van der Waals surface area (Å²) in [5, 5.41) is 0. The molecule has 126 valence electrons. The maximum absolute atomic E-state index is 13.8. The number of benzene rings is 1. The van der Waals surface area contributed by atoms with Gasteiger partial charge in [0.1, 0.15) is 5.82 Å². The number of piperazine rings is 1. The van der Waals surface area contributed by atoms with Crippen LogP contribution in [0.25, 0.3) is 11.3 Å². The maximum Gasteiger partial charge on any atom is 0.181 e. The third kappa shape index (κ3) is 3.52. The van der Waals surface area contributed by atoms with Crippen LogP contribution in [0.4, 0.5) is 4.39 Å². The molecule has 0 spiro atoms. The molecule has 0 saturated carbocycles. The fourth-order valence-electron chi connectivity index (χ4n) is 2.98. The van der Waals surface area contributed by atoms with Crippen molar-refractivity contribution in [3.05, 3.63) is 54.0 Å². The van der Waals surface area contributed by atoms with Crippen molar-refractivity contribution in [1.82, 2.24) is 14.8 Å². The molecule has 4 nitrogen and oxygen atoms in total. The predicted molar refractivity (Wildman–Crippen MR) is 92.5 cm³/mol. The molecule has 1 aliphatic rings. The van der Waals surface area contributed by atoms with Crippen LogP contribution in [-0.4, -0.2) is 59.8 Å². The Morgan fingerprint density at radius 2 is 1.83 bits per heavy atom. The number of carbonyl (C=O) groups is 1. The van der Waals surface area contributed by atoms with Crippen molar-refractivity contribution >= 4 is 5.78 Å². The van der Waals surface area contributed by atoms with Gasteiger partial charge in [0.15, 0.2) is 5.78 Å². The molecule has 1 fully saturated rings. The van der Waals surface area contributed by atoms with Crippen LogP contribution in [0.1, 0.15) is 17.3 Å². The number of likely N-dealkylation sites (N-methyl/N-ethyl adjacent to an activating group) is 1. The number of hydrogen-bond acceptors (Lipinski definition) is 4. The van der Waals surface area contributed by atoms with Crippen molar-refractivity contribution in [3.63, 3.8) is 0 Å². The van der Waals surface area contributed by atoms with Crippen LogP contribution in [0.15, 0.2) is 42.6 Å². The summed E-state index contributed by atoms with van der Waals surface area (Å²) in [6, 6.07) is 9.80. The van der Waals surface area contributed by atoms with Crippen LogP contribution in [0.5, 0.6) is 0 Å². The lowest BCUT2D eigenvalue weighted by atomic mass is 10.0. The van der Waals surface area contributed by atoms with Gasteiger partial charge in [-0.3, -0.25) is 14.7 Å². The molecular formula is C19H22FN3O. The molecule has 0 radical (unpaired) electrons. The van der Waals surface area contributed by atoms with Gasteiger partial charge in [-0.15, -0.1) is 0 Å². The molecule has 0 aliphatic carbocycles. The molecule has 0 amide bonds. The molecule has 2 aromatic rings. The first-order chi connectivity index (χ1) is 11.6. The third-order valence-electron chi connectivity index (χ3n) is 4.66. The molecule has 0 unspecified atom stereocenters. The normalized spacial score (nSPS) is 17.6. The van der Waals surface area contributed by atoms with E-state index in [-0.39, 0.29) is 17.6 Å². The van der Waals surface area contributed by atoms with Crippen LogP contribution in [-0.2, 0) is 0 Å². The fourth-order valence-corrected chi connectivity index (χ4v) is 2.98. The monoisotopic (exact) mass is 327 g/mol. The third-order valence-corrected chi connectivity index (χ3v) is 4.66. The fraction of sp³-hybridized carbons (Fsp3) is 0.368. The SMILES string of the molecule is C[C@H](C(=O)c1ccc(-c2ccccc2F)nc1)N1CCN(C)CC1. The molecular weight excluding hydrogens is 305 g/mol. The molecule has 5 heteroatoms. The summed E-state index contributed by atoms with van der Waals surface area (Å²) >= 11 is 0. The maximum atomic E-state index is 13.8. The van der Waals surface area contributed by atoms with Gasteiger partial charge in [-0.05, 0) is 38.2 Å². The minimum atomic E-state index is -0.310. The Kier molecular flexibility index (Phi) is 5.02. The first-order valence-electron chi connectivity index (χ1n) is 8.24. The van der Waals surface area contributed by atoms with Gasteiger partial charge in [-0.25, -0.2) is 4.39 Å². The number of carbonyl (C=O) groups excluding carboxylic acids is 1. The van der Waals surface area contributed by atoms with Gasteiger partial charge in [-0.2, -0.15) is 0 Å². The summed E-state index contributed by atoms with van der Waals surface area (Å²) in [5.74, 6) is -0.248. The minimum Gasteiger partial charge on any atom is -0.304 e. The highest BCUT2D eigenvalue weighted by Gasteiger charge is 2.25. The van der Waals surface area contributed by atoms with E-state index in [1.807, 2.05) is 6.92 Å². The molecule has 0 bridgehead atoms. The quantitative estimate of drug-likeness (QED) is 0.809. The zero-order valence-corrected chi connectivity index (χ0v) is 14.1. The Morgan fingerprint density at radius 3 is 2.46 bits per heavy atom. The lowest BCUT2D eigenvalue weighted by Gasteiger charge is -2.35. The number of ketones is 1. The standard InChI is InChI=1S/C19H22FN3O/c1-14(23-11-9-22(2)10-12-23)19(24)15-7-8-18(21-13-15)16-5-3-4-6-17(16)20/h3-8,13-14H,9-12H2,1-2H3/t14-/m1/s1. The number of nitrogens with zero attached hydrogens (tertiary/aromatic N) is 3. The average molecular weight is 327 g/mol. The Hall–Kier alpha value is -2.11. The largest absolute Gasteiger partial charge is 0.304 e. The highest BCUT2D eigenvalue weighted by atomic mass is 19.1. The van der Waals surface area contributed by atoms with E-state index in [4.69, 9.17) is 0 Å². The molecule has 1 atom stereocenters. The van der Waals surface area contributed by atoms with Gasteiger partial charge >= 0.3 is 0 Å². The molecule has 0 N–H and O–H groups in total. The zero-order valence-electron chi connectivity index (χ0n) is 14.1. The lowest BCUT2D eigenvalue weighted by molar-refractivity contribution is 0.0737. The van der Waals surface area contributed by atoms with Gasteiger partial charge < -0.3 is 4.90 Å². The molecule has 3 rings (SSSR count). The second-order valence-corrected chi connectivity index (χ2v) is 6.29. The van der Waals surface area contributed by atoms with Crippen molar-refractivity contribution in [2.75, 3.05) is 33.2 Å². The number of pyridine rings is 1. The van der Waals surface area contributed by atoms with E-state index in [0.29, 0.717) is 16.8 Å². The van der Waals surface area contributed by atoms with Gasteiger partial charge in [-0.1, -0.05) is 12.1 Å². The van der Waals surface area contributed by atoms with E-state index in [1.165, 1.54) is 6.07 Å². The number of aromatic nitrogens is 1. The van der Waals surface area contributed by atoms with E-state index in [9.17, 15) is 9.18 Å². The Bertz CT molecular complexity index is 709. The van der Waals surface area contributed by atoms with Gasteiger partial charge in [0.25, 0.3) is 0 Å². The summed E-state index contributed by atoms with van der Waals surface area (Å²) in [6.45, 7) is 5.68. The van der Waals surface area contributed by atoms with Crippen LogP contribution < -0.4 is 0 Å². The highest BCUT2D eigenvalue weighted by Crippen LogP contribution is 2.21. The van der Waals surface area contributed by atoms with Crippen molar-refractivity contribution in [2.24, 2.45) is 0 Å². The zero-order chi connectivity index (χ0) is 17.1.